The number of rotatable bonds is 1. The van der Waals surface area contributed by atoms with Crippen LogP contribution in [0.5, 0.6) is 5.75 Å². The smallest absolute Gasteiger partial charge is 0.240 e. The van der Waals surface area contributed by atoms with Gasteiger partial charge in [0.25, 0.3) is 0 Å². The van der Waals surface area contributed by atoms with Crippen molar-refractivity contribution in [3.05, 3.63) is 26.1 Å². The van der Waals surface area contributed by atoms with Crippen LogP contribution in [0, 0.1) is 6.92 Å². The number of phenolic OH excluding ortho intramolecular Hbond substituents is 1. The van der Waals surface area contributed by atoms with Crippen LogP contribution in [-0.2, 0) is 4.79 Å². The maximum absolute atomic E-state index is 11.0. The van der Waals surface area contributed by atoms with Crippen LogP contribution < -0.4 is 5.43 Å². The molecule has 4 nitrogen and oxygen atoms in total. The first-order valence-electron chi connectivity index (χ1n) is 5.04. The van der Waals surface area contributed by atoms with Crippen molar-refractivity contribution in [2.24, 2.45) is 5.10 Å². The molecule has 0 spiro atoms. The average Bonchev–Trinajstić information content (AvgIpc) is 2.32. The molecular formula is C11H10Br2N2O2. The molecule has 1 aliphatic heterocycles. The molecule has 1 amide bonds. The van der Waals surface area contributed by atoms with Crippen molar-refractivity contribution in [1.82, 2.24) is 5.43 Å². The molecule has 17 heavy (non-hydrogen) atoms. The van der Waals surface area contributed by atoms with Gasteiger partial charge in [0.05, 0.1) is 10.2 Å². The standard InChI is InChI=1S/C11H10Br2N2O2/c1-5-7(12)4-6(11(17)10(5)13)8-2-3-9(16)15-14-8/h4,17H,2-3H2,1H3,(H,15,16). The molecule has 0 bridgehead atoms. The van der Waals surface area contributed by atoms with E-state index in [1.807, 2.05) is 13.0 Å². The summed E-state index contributed by atoms with van der Waals surface area (Å²) in [6, 6.07) is 1.81. The Hall–Kier alpha value is -0.880. The maximum Gasteiger partial charge on any atom is 0.240 e. The van der Waals surface area contributed by atoms with Crippen LogP contribution in [0.4, 0.5) is 0 Å². The van der Waals surface area contributed by atoms with Crippen LogP contribution in [-0.4, -0.2) is 16.7 Å². The first-order valence-corrected chi connectivity index (χ1v) is 6.62. The lowest BCUT2D eigenvalue weighted by Gasteiger charge is -2.15. The number of hydrogen-bond acceptors (Lipinski definition) is 3. The van der Waals surface area contributed by atoms with Gasteiger partial charge in [0, 0.05) is 22.9 Å². The van der Waals surface area contributed by atoms with E-state index in [1.165, 1.54) is 0 Å². The van der Waals surface area contributed by atoms with Crippen molar-refractivity contribution in [2.45, 2.75) is 19.8 Å². The van der Waals surface area contributed by atoms with E-state index in [0.717, 1.165) is 10.0 Å². The lowest BCUT2D eigenvalue weighted by atomic mass is 10.0. The first-order chi connectivity index (χ1) is 8.00. The summed E-state index contributed by atoms with van der Waals surface area (Å²) in [7, 11) is 0. The van der Waals surface area contributed by atoms with Gasteiger partial charge in [-0.3, -0.25) is 4.79 Å². The lowest BCUT2D eigenvalue weighted by molar-refractivity contribution is -0.121. The predicted molar refractivity (Wildman–Crippen MR) is 72.2 cm³/mol. The summed E-state index contributed by atoms with van der Waals surface area (Å²) in [6.07, 6.45) is 0.919. The third kappa shape index (κ3) is 2.37. The highest BCUT2D eigenvalue weighted by atomic mass is 79.9. The van der Waals surface area contributed by atoms with Crippen molar-refractivity contribution in [3.8, 4) is 5.75 Å². The number of phenols is 1. The number of halogens is 2. The number of amides is 1. The zero-order valence-electron chi connectivity index (χ0n) is 9.05. The number of carbonyl (C=O) groups is 1. The van der Waals surface area contributed by atoms with E-state index in [1.54, 1.807) is 0 Å². The number of hydrazone groups is 1. The van der Waals surface area contributed by atoms with Gasteiger partial charge in [0.1, 0.15) is 5.75 Å². The average molecular weight is 362 g/mol. The van der Waals surface area contributed by atoms with Gasteiger partial charge in [0.2, 0.25) is 5.91 Å². The summed E-state index contributed by atoms with van der Waals surface area (Å²) in [6.45, 7) is 1.89. The van der Waals surface area contributed by atoms with E-state index in [4.69, 9.17) is 0 Å². The Bertz CT molecular complexity index is 527. The monoisotopic (exact) mass is 360 g/mol. The van der Waals surface area contributed by atoms with Crippen LogP contribution >= 0.6 is 31.9 Å². The molecule has 0 atom stereocenters. The molecule has 1 aromatic carbocycles. The van der Waals surface area contributed by atoms with Crippen molar-refractivity contribution in [1.29, 1.82) is 0 Å². The summed E-state index contributed by atoms with van der Waals surface area (Å²) in [5.41, 5.74) is 4.66. The highest BCUT2D eigenvalue weighted by Crippen LogP contribution is 2.37. The quantitative estimate of drug-likeness (QED) is 0.807. The second-order valence-corrected chi connectivity index (χ2v) is 5.43. The molecule has 0 aromatic heterocycles. The molecule has 0 saturated carbocycles. The van der Waals surface area contributed by atoms with E-state index in [-0.39, 0.29) is 11.7 Å². The number of carbonyl (C=O) groups excluding carboxylic acids is 1. The summed E-state index contributed by atoms with van der Waals surface area (Å²) in [4.78, 5) is 11.0. The van der Waals surface area contributed by atoms with Crippen LogP contribution in [0.1, 0.15) is 24.0 Å². The van der Waals surface area contributed by atoms with Gasteiger partial charge in [0.15, 0.2) is 0 Å². The third-order valence-corrected chi connectivity index (χ3v) is 4.43. The van der Waals surface area contributed by atoms with Gasteiger partial charge >= 0.3 is 0 Å². The maximum atomic E-state index is 11.0. The Morgan fingerprint density at radius 2 is 2.12 bits per heavy atom. The van der Waals surface area contributed by atoms with Gasteiger partial charge in [-0.25, -0.2) is 5.43 Å². The van der Waals surface area contributed by atoms with Crippen molar-refractivity contribution >= 4 is 43.5 Å². The molecule has 0 saturated heterocycles. The SMILES string of the molecule is Cc1c(Br)cc(C2=NNC(=O)CC2)c(O)c1Br. The van der Waals surface area contributed by atoms with Crippen molar-refractivity contribution in [3.63, 3.8) is 0 Å². The molecule has 1 heterocycles. The molecule has 90 valence electrons. The Morgan fingerprint density at radius 3 is 2.71 bits per heavy atom. The molecule has 0 aliphatic carbocycles. The van der Waals surface area contributed by atoms with Crippen molar-refractivity contribution < 1.29 is 9.90 Å². The van der Waals surface area contributed by atoms with Crippen molar-refractivity contribution in [2.75, 3.05) is 0 Å². The summed E-state index contributed by atoms with van der Waals surface area (Å²) in [5, 5.41) is 14.0. The Balaban J connectivity index is 2.50. The fourth-order valence-corrected chi connectivity index (χ4v) is 2.71. The van der Waals surface area contributed by atoms with E-state index >= 15 is 0 Å². The minimum Gasteiger partial charge on any atom is -0.506 e. The minimum atomic E-state index is -0.0986. The molecule has 0 unspecified atom stereocenters. The largest absolute Gasteiger partial charge is 0.506 e. The predicted octanol–water partition coefficient (Wildman–Crippen LogP) is 2.84. The number of nitrogens with zero attached hydrogens (tertiary/aromatic N) is 1. The number of aromatic hydroxyl groups is 1. The molecular weight excluding hydrogens is 352 g/mol. The summed E-state index contributed by atoms with van der Waals surface area (Å²) in [5.74, 6) is 0.0547. The molecule has 1 aliphatic rings. The second-order valence-electron chi connectivity index (χ2n) is 3.79. The molecule has 2 N–H and O–H groups in total. The van der Waals surface area contributed by atoms with E-state index in [2.05, 4.69) is 42.4 Å². The van der Waals surface area contributed by atoms with Gasteiger partial charge in [-0.15, -0.1) is 0 Å². The van der Waals surface area contributed by atoms with Crippen LogP contribution in [0.15, 0.2) is 20.1 Å². The third-order valence-electron chi connectivity index (χ3n) is 2.64. The topological polar surface area (TPSA) is 61.7 Å². The Morgan fingerprint density at radius 1 is 1.41 bits per heavy atom. The van der Waals surface area contributed by atoms with E-state index in [0.29, 0.717) is 28.6 Å². The summed E-state index contributed by atoms with van der Waals surface area (Å²) >= 11 is 6.76. The van der Waals surface area contributed by atoms with Crippen LogP contribution in [0.2, 0.25) is 0 Å². The number of nitrogens with one attached hydrogen (secondary N) is 1. The lowest BCUT2D eigenvalue weighted by Crippen LogP contribution is -2.26. The zero-order valence-corrected chi connectivity index (χ0v) is 12.2. The first kappa shape index (κ1) is 12.6. The normalized spacial score (nSPS) is 15.5. The highest BCUT2D eigenvalue weighted by molar-refractivity contribution is 9.11. The fourth-order valence-electron chi connectivity index (χ4n) is 1.59. The van der Waals surface area contributed by atoms with Gasteiger partial charge in [-0.2, -0.15) is 5.10 Å². The minimum absolute atomic E-state index is 0.0986. The van der Waals surface area contributed by atoms with Crippen LogP contribution in [0.3, 0.4) is 0 Å². The highest BCUT2D eigenvalue weighted by Gasteiger charge is 2.19. The number of benzene rings is 1. The molecule has 6 heteroatoms. The van der Waals surface area contributed by atoms with E-state index < -0.39 is 0 Å². The van der Waals surface area contributed by atoms with E-state index in [9.17, 15) is 9.90 Å². The Labute approximate surface area is 115 Å². The van der Waals surface area contributed by atoms with Gasteiger partial charge < -0.3 is 5.11 Å². The summed E-state index contributed by atoms with van der Waals surface area (Å²) < 4.78 is 1.53. The Kier molecular flexibility index (Phi) is 3.53. The number of hydrogen-bond donors (Lipinski definition) is 2. The molecule has 1 aromatic rings. The molecule has 2 rings (SSSR count). The van der Waals surface area contributed by atoms with Gasteiger partial charge in [-0.1, -0.05) is 15.9 Å². The fraction of sp³-hybridized carbons (Fsp3) is 0.273. The van der Waals surface area contributed by atoms with Gasteiger partial charge in [-0.05, 0) is 34.5 Å². The second kappa shape index (κ2) is 4.78. The van der Waals surface area contributed by atoms with Crippen LogP contribution in [0.25, 0.3) is 0 Å². The molecule has 0 fully saturated rings. The molecule has 0 radical (unpaired) electrons. The zero-order chi connectivity index (χ0) is 12.6.